The first-order valence-corrected chi connectivity index (χ1v) is 10.3. The molecule has 0 radical (unpaired) electrons. The summed E-state index contributed by atoms with van der Waals surface area (Å²) in [5, 5.41) is 11.0. The van der Waals surface area contributed by atoms with Crippen molar-refractivity contribution >= 4 is 29.2 Å². The predicted octanol–water partition coefficient (Wildman–Crippen LogP) is 3.56. The molecule has 0 aromatic heterocycles. The summed E-state index contributed by atoms with van der Waals surface area (Å²) in [4.78, 5) is 36.2. The Morgan fingerprint density at radius 1 is 0.900 bits per heavy atom. The smallest absolute Gasteiger partial charge is 0.319 e. The normalized spacial score (nSPS) is 13.5. The summed E-state index contributed by atoms with van der Waals surface area (Å²) in [7, 11) is 0. The Hall–Kier alpha value is -3.35. The first-order chi connectivity index (χ1) is 14.5. The number of nitrogens with one attached hydrogen (secondary N) is 4. The van der Waals surface area contributed by atoms with E-state index in [9.17, 15) is 14.4 Å². The summed E-state index contributed by atoms with van der Waals surface area (Å²) in [6, 6.07) is 14.4. The molecule has 4 N–H and O–H groups in total. The summed E-state index contributed by atoms with van der Waals surface area (Å²) in [6.07, 6.45) is 4.13. The van der Waals surface area contributed by atoms with Gasteiger partial charge in [0.15, 0.2) is 0 Å². The molecule has 3 rings (SSSR count). The fraction of sp³-hybridized carbons (Fsp3) is 0.348. The Labute approximate surface area is 176 Å². The van der Waals surface area contributed by atoms with Gasteiger partial charge in [-0.15, -0.1) is 0 Å². The van der Waals surface area contributed by atoms with Gasteiger partial charge in [0, 0.05) is 23.8 Å². The van der Waals surface area contributed by atoms with Gasteiger partial charge in [-0.3, -0.25) is 9.59 Å². The summed E-state index contributed by atoms with van der Waals surface area (Å²) in [5.74, 6) is -0.127. The molecule has 7 heteroatoms. The molecule has 0 atom stereocenters. The van der Waals surface area contributed by atoms with Gasteiger partial charge >= 0.3 is 6.03 Å². The molecule has 158 valence electrons. The van der Waals surface area contributed by atoms with E-state index in [0.717, 1.165) is 42.5 Å². The van der Waals surface area contributed by atoms with Crippen LogP contribution in [-0.2, 0) is 16.1 Å². The van der Waals surface area contributed by atoms with Crippen LogP contribution in [-0.4, -0.2) is 24.4 Å². The third-order valence-electron chi connectivity index (χ3n) is 5.10. The van der Waals surface area contributed by atoms with Crippen LogP contribution in [0.2, 0.25) is 0 Å². The van der Waals surface area contributed by atoms with Crippen LogP contribution in [0.5, 0.6) is 0 Å². The van der Waals surface area contributed by atoms with E-state index in [1.54, 1.807) is 6.07 Å². The van der Waals surface area contributed by atoms with Crippen LogP contribution in [0.1, 0.15) is 36.8 Å². The van der Waals surface area contributed by atoms with E-state index in [0.29, 0.717) is 12.2 Å². The SMILES string of the molecule is Cc1cccc(NC(=O)NCC(=O)NCc2cccc(NC(=O)C3CCCC3)c2)c1. The molecule has 2 aromatic rings. The highest BCUT2D eigenvalue weighted by Crippen LogP contribution is 2.26. The van der Waals surface area contributed by atoms with Gasteiger partial charge in [0.1, 0.15) is 0 Å². The average Bonchev–Trinajstić information content (AvgIpc) is 3.26. The van der Waals surface area contributed by atoms with Gasteiger partial charge in [-0.1, -0.05) is 37.1 Å². The quantitative estimate of drug-likeness (QED) is 0.564. The van der Waals surface area contributed by atoms with Crippen molar-refractivity contribution in [1.29, 1.82) is 0 Å². The first-order valence-electron chi connectivity index (χ1n) is 10.3. The van der Waals surface area contributed by atoms with Crippen molar-refractivity contribution in [3.8, 4) is 0 Å². The number of benzene rings is 2. The number of carbonyl (C=O) groups excluding carboxylic acids is 3. The molecule has 0 spiro atoms. The van der Waals surface area contributed by atoms with Crippen LogP contribution in [0.15, 0.2) is 48.5 Å². The Kier molecular flexibility index (Phi) is 7.43. The highest BCUT2D eigenvalue weighted by molar-refractivity contribution is 5.93. The Balaban J connectivity index is 1.40. The molecule has 2 aromatic carbocycles. The molecule has 1 aliphatic rings. The maximum atomic E-state index is 12.3. The Morgan fingerprint density at radius 3 is 2.33 bits per heavy atom. The average molecular weight is 409 g/mol. The summed E-state index contributed by atoms with van der Waals surface area (Å²) < 4.78 is 0. The highest BCUT2D eigenvalue weighted by atomic mass is 16.2. The van der Waals surface area contributed by atoms with Gasteiger partial charge in [0.25, 0.3) is 0 Å². The van der Waals surface area contributed by atoms with E-state index in [4.69, 9.17) is 0 Å². The molecule has 7 nitrogen and oxygen atoms in total. The van der Waals surface area contributed by atoms with E-state index in [2.05, 4.69) is 21.3 Å². The number of hydrogen-bond acceptors (Lipinski definition) is 3. The minimum absolute atomic E-state index is 0.0671. The predicted molar refractivity (Wildman–Crippen MR) is 117 cm³/mol. The number of carbonyl (C=O) groups is 3. The minimum Gasteiger partial charge on any atom is -0.350 e. The Bertz CT molecular complexity index is 907. The molecule has 1 fully saturated rings. The molecule has 30 heavy (non-hydrogen) atoms. The number of hydrogen-bond donors (Lipinski definition) is 4. The maximum Gasteiger partial charge on any atom is 0.319 e. The zero-order chi connectivity index (χ0) is 21.3. The fourth-order valence-electron chi connectivity index (χ4n) is 3.51. The number of amides is 4. The van der Waals surface area contributed by atoms with E-state index >= 15 is 0 Å². The van der Waals surface area contributed by atoms with Crippen molar-refractivity contribution < 1.29 is 14.4 Å². The largest absolute Gasteiger partial charge is 0.350 e. The molecule has 4 amide bonds. The van der Waals surface area contributed by atoms with Crippen molar-refractivity contribution in [3.63, 3.8) is 0 Å². The number of urea groups is 1. The van der Waals surface area contributed by atoms with Crippen molar-refractivity contribution in [2.75, 3.05) is 17.2 Å². The van der Waals surface area contributed by atoms with Gasteiger partial charge in [-0.25, -0.2) is 4.79 Å². The number of rotatable bonds is 7. The lowest BCUT2D eigenvalue weighted by atomic mass is 10.1. The molecule has 0 unspecified atom stereocenters. The van der Waals surface area contributed by atoms with Crippen LogP contribution in [0.4, 0.5) is 16.2 Å². The monoisotopic (exact) mass is 408 g/mol. The number of anilines is 2. The van der Waals surface area contributed by atoms with Crippen molar-refractivity contribution in [2.45, 2.75) is 39.2 Å². The zero-order valence-corrected chi connectivity index (χ0v) is 17.2. The second-order valence-corrected chi connectivity index (χ2v) is 7.62. The molecule has 0 aliphatic heterocycles. The van der Waals surface area contributed by atoms with Gasteiger partial charge in [0.2, 0.25) is 11.8 Å². The molecule has 0 heterocycles. The van der Waals surface area contributed by atoms with Crippen LogP contribution in [0, 0.1) is 12.8 Å². The van der Waals surface area contributed by atoms with Gasteiger partial charge in [-0.05, 0) is 55.2 Å². The number of aryl methyl sites for hydroxylation is 1. The van der Waals surface area contributed by atoms with E-state index in [-0.39, 0.29) is 24.3 Å². The van der Waals surface area contributed by atoms with E-state index in [1.165, 1.54) is 0 Å². The summed E-state index contributed by atoms with van der Waals surface area (Å²) >= 11 is 0. The maximum absolute atomic E-state index is 12.3. The minimum atomic E-state index is -0.438. The summed E-state index contributed by atoms with van der Waals surface area (Å²) in [5.41, 5.74) is 3.31. The zero-order valence-electron chi connectivity index (χ0n) is 17.2. The van der Waals surface area contributed by atoms with Crippen molar-refractivity contribution in [3.05, 3.63) is 59.7 Å². The molecule has 0 bridgehead atoms. The van der Waals surface area contributed by atoms with Crippen molar-refractivity contribution in [2.24, 2.45) is 5.92 Å². The molecular weight excluding hydrogens is 380 g/mol. The summed E-state index contributed by atoms with van der Waals surface area (Å²) in [6.45, 7) is 2.12. The third-order valence-corrected chi connectivity index (χ3v) is 5.10. The van der Waals surface area contributed by atoms with E-state index < -0.39 is 6.03 Å². The standard InChI is InChI=1S/C23H28N4O3/c1-16-6-4-10-19(12-16)27-23(30)25-15-21(28)24-14-17-7-5-11-20(13-17)26-22(29)18-8-2-3-9-18/h4-7,10-13,18H,2-3,8-9,14-15H2,1H3,(H,24,28)(H,26,29)(H2,25,27,30). The van der Waals surface area contributed by atoms with Crippen molar-refractivity contribution in [1.82, 2.24) is 10.6 Å². The Morgan fingerprint density at radius 2 is 1.60 bits per heavy atom. The highest BCUT2D eigenvalue weighted by Gasteiger charge is 2.22. The van der Waals surface area contributed by atoms with Gasteiger partial charge < -0.3 is 21.3 Å². The second-order valence-electron chi connectivity index (χ2n) is 7.62. The molecular formula is C23H28N4O3. The lowest BCUT2D eigenvalue weighted by molar-refractivity contribution is -0.120. The van der Waals surface area contributed by atoms with Crippen LogP contribution in [0.3, 0.4) is 0 Å². The fourth-order valence-corrected chi connectivity index (χ4v) is 3.51. The topological polar surface area (TPSA) is 99.3 Å². The molecule has 0 saturated heterocycles. The van der Waals surface area contributed by atoms with Crippen LogP contribution < -0.4 is 21.3 Å². The van der Waals surface area contributed by atoms with Crippen LogP contribution in [0.25, 0.3) is 0 Å². The first kappa shape index (κ1) is 21.4. The van der Waals surface area contributed by atoms with Gasteiger partial charge in [-0.2, -0.15) is 0 Å². The lowest BCUT2D eigenvalue weighted by Gasteiger charge is -2.12. The van der Waals surface area contributed by atoms with Crippen LogP contribution >= 0.6 is 0 Å². The second kappa shape index (κ2) is 10.4. The third kappa shape index (κ3) is 6.62. The van der Waals surface area contributed by atoms with E-state index in [1.807, 2.05) is 49.4 Å². The lowest BCUT2D eigenvalue weighted by Crippen LogP contribution is -2.38. The molecule has 1 aliphatic carbocycles. The molecule has 1 saturated carbocycles. The van der Waals surface area contributed by atoms with Gasteiger partial charge in [0.05, 0.1) is 6.54 Å².